The monoisotopic (exact) mass is 342 g/mol. The quantitative estimate of drug-likeness (QED) is 0.854. The van der Waals surface area contributed by atoms with Crippen LogP contribution in [0.1, 0.15) is 41.9 Å². The lowest BCUT2D eigenvalue weighted by Crippen LogP contribution is -2.38. The van der Waals surface area contributed by atoms with Crippen LogP contribution < -0.4 is 9.47 Å². The molecule has 2 aromatic rings. The summed E-state index contributed by atoms with van der Waals surface area (Å²) in [6.07, 6.45) is 3.60. The number of nitrogens with zero attached hydrogens (tertiary/aromatic N) is 4. The maximum absolute atomic E-state index is 12.8. The van der Waals surface area contributed by atoms with E-state index in [9.17, 15) is 4.79 Å². The lowest BCUT2D eigenvalue weighted by molar-refractivity contribution is 0.0709. The Bertz CT molecular complexity index is 765. The highest BCUT2D eigenvalue weighted by molar-refractivity contribution is 5.95. The number of carbonyl (C=O) groups is 1. The van der Waals surface area contributed by atoms with Crippen molar-refractivity contribution in [3.05, 3.63) is 35.9 Å². The summed E-state index contributed by atoms with van der Waals surface area (Å²) in [6, 6.07) is 5.42. The zero-order valence-corrected chi connectivity index (χ0v) is 14.4. The Labute approximate surface area is 146 Å². The zero-order chi connectivity index (χ0) is 17.2. The molecule has 0 atom stereocenters. The Morgan fingerprint density at radius 3 is 2.72 bits per heavy atom. The SMILES string of the molecule is CCn1cnnc1C1CCN(C(=O)c2ccc3c(c2)OCCO3)CC1. The largest absolute Gasteiger partial charge is 0.486 e. The number of hydrogen-bond acceptors (Lipinski definition) is 5. The standard InChI is InChI=1S/C18H22N4O3/c1-2-21-12-19-20-17(21)13-5-7-22(8-6-13)18(23)14-3-4-15-16(11-14)25-10-9-24-15/h3-4,11-13H,2,5-10H2,1H3. The van der Waals surface area contributed by atoms with Crippen molar-refractivity contribution in [1.82, 2.24) is 19.7 Å². The van der Waals surface area contributed by atoms with Crippen molar-refractivity contribution in [2.75, 3.05) is 26.3 Å². The lowest BCUT2D eigenvalue weighted by Gasteiger charge is -2.32. The van der Waals surface area contributed by atoms with Crippen LogP contribution in [0.2, 0.25) is 0 Å². The van der Waals surface area contributed by atoms with E-state index in [1.807, 2.05) is 17.0 Å². The van der Waals surface area contributed by atoms with Gasteiger partial charge in [0.2, 0.25) is 0 Å². The van der Waals surface area contributed by atoms with Crippen molar-refractivity contribution in [2.24, 2.45) is 0 Å². The van der Waals surface area contributed by atoms with E-state index < -0.39 is 0 Å². The molecule has 0 unspecified atom stereocenters. The van der Waals surface area contributed by atoms with Crippen molar-refractivity contribution in [1.29, 1.82) is 0 Å². The molecule has 25 heavy (non-hydrogen) atoms. The van der Waals surface area contributed by atoms with E-state index in [-0.39, 0.29) is 5.91 Å². The molecule has 0 N–H and O–H groups in total. The molecule has 1 fully saturated rings. The van der Waals surface area contributed by atoms with Crippen molar-refractivity contribution < 1.29 is 14.3 Å². The summed E-state index contributed by atoms with van der Waals surface area (Å²) in [7, 11) is 0. The zero-order valence-electron chi connectivity index (χ0n) is 14.4. The summed E-state index contributed by atoms with van der Waals surface area (Å²) in [4.78, 5) is 14.7. The fourth-order valence-corrected chi connectivity index (χ4v) is 3.52. The average Bonchev–Trinajstić information content (AvgIpc) is 3.16. The number of hydrogen-bond donors (Lipinski definition) is 0. The molecule has 7 heteroatoms. The molecule has 0 saturated carbocycles. The second kappa shape index (κ2) is 6.74. The van der Waals surface area contributed by atoms with Crippen LogP contribution >= 0.6 is 0 Å². The third kappa shape index (κ3) is 3.06. The number of amides is 1. The molecular weight excluding hydrogens is 320 g/mol. The van der Waals surface area contributed by atoms with E-state index in [1.54, 1.807) is 12.4 Å². The fourth-order valence-electron chi connectivity index (χ4n) is 3.52. The average molecular weight is 342 g/mol. The lowest BCUT2D eigenvalue weighted by atomic mass is 9.95. The first-order valence-electron chi connectivity index (χ1n) is 8.83. The molecule has 1 saturated heterocycles. The maximum atomic E-state index is 12.8. The van der Waals surface area contributed by atoms with Crippen LogP contribution in [0.3, 0.4) is 0 Å². The Balaban J connectivity index is 1.43. The van der Waals surface area contributed by atoms with Crippen molar-refractivity contribution in [3.8, 4) is 11.5 Å². The summed E-state index contributed by atoms with van der Waals surface area (Å²) in [5.74, 6) is 2.82. The van der Waals surface area contributed by atoms with Gasteiger partial charge in [-0.25, -0.2) is 0 Å². The number of benzene rings is 1. The Morgan fingerprint density at radius 1 is 1.20 bits per heavy atom. The minimum Gasteiger partial charge on any atom is -0.486 e. The van der Waals surface area contributed by atoms with Crippen molar-refractivity contribution >= 4 is 5.91 Å². The molecule has 2 aliphatic heterocycles. The van der Waals surface area contributed by atoms with Gasteiger partial charge in [0, 0.05) is 31.1 Å². The molecule has 132 valence electrons. The highest BCUT2D eigenvalue weighted by atomic mass is 16.6. The van der Waals surface area contributed by atoms with Gasteiger partial charge in [-0.3, -0.25) is 4.79 Å². The molecule has 0 aliphatic carbocycles. The van der Waals surface area contributed by atoms with Gasteiger partial charge in [-0.2, -0.15) is 0 Å². The number of aryl methyl sites for hydroxylation is 1. The van der Waals surface area contributed by atoms with Gasteiger partial charge in [0.25, 0.3) is 5.91 Å². The molecule has 0 bridgehead atoms. The summed E-state index contributed by atoms with van der Waals surface area (Å²) in [5.41, 5.74) is 0.652. The molecule has 0 spiro atoms. The van der Waals surface area contributed by atoms with Gasteiger partial charge in [-0.15, -0.1) is 10.2 Å². The first-order chi connectivity index (χ1) is 12.3. The van der Waals surface area contributed by atoms with E-state index >= 15 is 0 Å². The Kier molecular flexibility index (Phi) is 4.29. The number of carbonyl (C=O) groups excluding carboxylic acids is 1. The van der Waals surface area contributed by atoms with Crippen LogP contribution in [0.5, 0.6) is 11.5 Å². The Morgan fingerprint density at radius 2 is 1.96 bits per heavy atom. The third-order valence-electron chi connectivity index (χ3n) is 4.92. The second-order valence-electron chi connectivity index (χ2n) is 6.40. The van der Waals surface area contributed by atoms with Gasteiger partial charge < -0.3 is 18.9 Å². The topological polar surface area (TPSA) is 69.5 Å². The van der Waals surface area contributed by atoms with Gasteiger partial charge in [0.1, 0.15) is 25.4 Å². The number of piperidine rings is 1. The summed E-state index contributed by atoms with van der Waals surface area (Å²) >= 11 is 0. The predicted octanol–water partition coefficient (Wildman–Crippen LogP) is 2.09. The van der Waals surface area contributed by atoms with Crippen molar-refractivity contribution in [3.63, 3.8) is 0 Å². The van der Waals surface area contributed by atoms with Gasteiger partial charge in [0.15, 0.2) is 11.5 Å². The van der Waals surface area contributed by atoms with Crippen LogP contribution in [0, 0.1) is 0 Å². The first-order valence-corrected chi connectivity index (χ1v) is 8.83. The minimum absolute atomic E-state index is 0.0485. The molecule has 1 amide bonds. The molecule has 7 nitrogen and oxygen atoms in total. The fraction of sp³-hybridized carbons (Fsp3) is 0.500. The summed E-state index contributed by atoms with van der Waals surface area (Å²) in [6.45, 7) is 5.50. The van der Waals surface area contributed by atoms with E-state index in [2.05, 4.69) is 21.7 Å². The van der Waals surface area contributed by atoms with Crippen LogP contribution in [0.25, 0.3) is 0 Å². The number of likely N-dealkylation sites (tertiary alicyclic amines) is 1. The van der Waals surface area contributed by atoms with Gasteiger partial charge in [-0.05, 0) is 38.0 Å². The molecule has 1 aromatic carbocycles. The van der Waals surface area contributed by atoms with E-state index in [0.29, 0.717) is 36.2 Å². The Hall–Kier alpha value is -2.57. The molecular formula is C18H22N4O3. The molecule has 2 aliphatic rings. The molecule has 1 aromatic heterocycles. The van der Waals surface area contributed by atoms with Crippen LogP contribution in [-0.4, -0.2) is 51.9 Å². The van der Waals surface area contributed by atoms with Gasteiger partial charge in [0.05, 0.1) is 0 Å². The van der Waals surface area contributed by atoms with Gasteiger partial charge >= 0.3 is 0 Å². The smallest absolute Gasteiger partial charge is 0.253 e. The molecule has 0 radical (unpaired) electrons. The van der Waals surface area contributed by atoms with E-state index in [1.165, 1.54) is 0 Å². The van der Waals surface area contributed by atoms with Gasteiger partial charge in [-0.1, -0.05) is 0 Å². The van der Waals surface area contributed by atoms with E-state index in [4.69, 9.17) is 9.47 Å². The predicted molar refractivity (Wildman–Crippen MR) is 91.0 cm³/mol. The van der Waals surface area contributed by atoms with Crippen LogP contribution in [-0.2, 0) is 6.54 Å². The number of fused-ring (bicyclic) bond motifs is 1. The molecule has 3 heterocycles. The summed E-state index contributed by atoms with van der Waals surface area (Å²) < 4.78 is 13.2. The van der Waals surface area contributed by atoms with Crippen LogP contribution in [0.4, 0.5) is 0 Å². The maximum Gasteiger partial charge on any atom is 0.253 e. The first kappa shape index (κ1) is 15.9. The number of ether oxygens (including phenoxy) is 2. The highest BCUT2D eigenvalue weighted by Crippen LogP contribution is 2.32. The number of rotatable bonds is 3. The molecule has 4 rings (SSSR count). The number of aromatic nitrogens is 3. The third-order valence-corrected chi connectivity index (χ3v) is 4.92. The summed E-state index contributed by atoms with van der Waals surface area (Å²) in [5, 5.41) is 8.28. The second-order valence-corrected chi connectivity index (χ2v) is 6.40. The van der Waals surface area contributed by atoms with Crippen LogP contribution in [0.15, 0.2) is 24.5 Å². The van der Waals surface area contributed by atoms with Crippen molar-refractivity contribution in [2.45, 2.75) is 32.2 Å². The normalized spacial score (nSPS) is 17.6. The highest BCUT2D eigenvalue weighted by Gasteiger charge is 2.27. The van der Waals surface area contributed by atoms with E-state index in [0.717, 1.165) is 38.3 Å². The minimum atomic E-state index is 0.0485.